The Bertz CT molecular complexity index is 255. The van der Waals surface area contributed by atoms with Crippen LogP contribution in [0.5, 0.6) is 0 Å². The van der Waals surface area contributed by atoms with Gasteiger partial charge in [-0.1, -0.05) is 13.8 Å². The lowest BCUT2D eigenvalue weighted by Crippen LogP contribution is -2.03. The van der Waals surface area contributed by atoms with Crippen LogP contribution in [0.15, 0.2) is 11.3 Å². The Hall–Kier alpha value is -0.540. The van der Waals surface area contributed by atoms with E-state index in [9.17, 15) is 0 Å². The van der Waals surface area contributed by atoms with E-state index >= 15 is 0 Å². The Kier molecular flexibility index (Phi) is 1.89. The largest absolute Gasteiger partial charge is 0.313 e. The van der Waals surface area contributed by atoms with Gasteiger partial charge in [0.1, 0.15) is 5.76 Å². The van der Waals surface area contributed by atoms with Crippen molar-refractivity contribution in [3.8, 4) is 0 Å². The molecule has 3 heteroatoms. The second-order valence-electron chi connectivity index (χ2n) is 4.80. The Labute approximate surface area is 78.2 Å². The standard InChI is InChI=1S/C10H16O3/c1-6-4-7-8(10(7,2)3)5-9(6)12-13-11/h7-8,11H,4-5H2,1-3H3. The van der Waals surface area contributed by atoms with E-state index in [4.69, 9.17) is 10.1 Å². The summed E-state index contributed by atoms with van der Waals surface area (Å²) in [6.07, 6.45) is 1.99. The molecular formula is C10H16O3. The van der Waals surface area contributed by atoms with Crippen molar-refractivity contribution >= 4 is 0 Å². The third kappa shape index (κ3) is 1.27. The molecule has 0 radical (unpaired) electrons. The van der Waals surface area contributed by atoms with Gasteiger partial charge < -0.3 is 4.89 Å². The quantitative estimate of drug-likeness (QED) is 0.529. The Balaban J connectivity index is 2.08. The molecule has 13 heavy (non-hydrogen) atoms. The highest BCUT2D eigenvalue weighted by Crippen LogP contribution is 2.65. The van der Waals surface area contributed by atoms with Gasteiger partial charge in [0.05, 0.1) is 0 Å². The van der Waals surface area contributed by atoms with E-state index < -0.39 is 0 Å². The lowest BCUT2D eigenvalue weighted by molar-refractivity contribution is -0.473. The maximum absolute atomic E-state index is 8.21. The molecular weight excluding hydrogens is 168 g/mol. The van der Waals surface area contributed by atoms with E-state index in [1.165, 1.54) is 5.57 Å². The van der Waals surface area contributed by atoms with Gasteiger partial charge in [-0.3, -0.25) is 0 Å². The normalized spacial score (nSPS) is 35.7. The van der Waals surface area contributed by atoms with Crippen molar-refractivity contribution in [2.24, 2.45) is 17.3 Å². The Morgan fingerprint density at radius 2 is 1.92 bits per heavy atom. The van der Waals surface area contributed by atoms with Crippen LogP contribution in [0.3, 0.4) is 0 Å². The number of allylic oxidation sites excluding steroid dienone is 2. The van der Waals surface area contributed by atoms with Crippen LogP contribution in [0.25, 0.3) is 0 Å². The fraction of sp³-hybridized carbons (Fsp3) is 0.800. The molecule has 1 saturated carbocycles. The first-order valence-corrected chi connectivity index (χ1v) is 4.74. The minimum absolute atomic E-state index is 0.446. The van der Waals surface area contributed by atoms with Crippen LogP contribution in [0.4, 0.5) is 0 Å². The predicted molar refractivity (Wildman–Crippen MR) is 47.5 cm³/mol. The van der Waals surface area contributed by atoms with Gasteiger partial charge in [-0.05, 0) is 41.2 Å². The van der Waals surface area contributed by atoms with Gasteiger partial charge in [0.15, 0.2) is 0 Å². The van der Waals surface area contributed by atoms with E-state index in [-0.39, 0.29) is 0 Å². The van der Waals surface area contributed by atoms with E-state index in [1.807, 2.05) is 6.92 Å². The molecule has 2 aliphatic carbocycles. The number of fused-ring (bicyclic) bond motifs is 1. The second kappa shape index (κ2) is 2.72. The van der Waals surface area contributed by atoms with Crippen LogP contribution < -0.4 is 0 Å². The zero-order valence-corrected chi connectivity index (χ0v) is 8.33. The van der Waals surface area contributed by atoms with Crippen molar-refractivity contribution in [3.05, 3.63) is 11.3 Å². The molecule has 0 bridgehead atoms. The first kappa shape index (κ1) is 9.03. The van der Waals surface area contributed by atoms with Crippen LogP contribution in [0.1, 0.15) is 33.6 Å². The van der Waals surface area contributed by atoms with Crippen LogP contribution in [0, 0.1) is 17.3 Å². The first-order valence-electron chi connectivity index (χ1n) is 4.74. The van der Waals surface area contributed by atoms with Gasteiger partial charge in [0.2, 0.25) is 0 Å². The second-order valence-corrected chi connectivity index (χ2v) is 4.80. The van der Waals surface area contributed by atoms with Crippen LogP contribution >= 0.6 is 0 Å². The molecule has 74 valence electrons. The van der Waals surface area contributed by atoms with Gasteiger partial charge in [0, 0.05) is 6.42 Å². The van der Waals surface area contributed by atoms with Crippen molar-refractivity contribution in [1.82, 2.24) is 0 Å². The molecule has 0 aliphatic heterocycles. The topological polar surface area (TPSA) is 38.7 Å². The van der Waals surface area contributed by atoms with Crippen molar-refractivity contribution < 1.29 is 15.2 Å². The summed E-state index contributed by atoms with van der Waals surface area (Å²) in [5.41, 5.74) is 1.66. The van der Waals surface area contributed by atoms with Crippen LogP contribution in [0.2, 0.25) is 0 Å². The van der Waals surface area contributed by atoms with E-state index in [1.54, 1.807) is 0 Å². The maximum atomic E-state index is 8.21. The van der Waals surface area contributed by atoms with Crippen molar-refractivity contribution in [3.63, 3.8) is 0 Å². The fourth-order valence-corrected chi connectivity index (χ4v) is 2.64. The predicted octanol–water partition coefficient (Wildman–Crippen LogP) is 2.75. The molecule has 1 fully saturated rings. The lowest BCUT2D eigenvalue weighted by atomic mass is 9.99. The summed E-state index contributed by atoms with van der Waals surface area (Å²) in [7, 11) is 0. The monoisotopic (exact) mass is 184 g/mol. The average molecular weight is 184 g/mol. The third-order valence-corrected chi connectivity index (χ3v) is 3.83. The summed E-state index contributed by atoms with van der Waals surface area (Å²) >= 11 is 0. The number of rotatable bonds is 2. The van der Waals surface area contributed by atoms with Crippen molar-refractivity contribution in [1.29, 1.82) is 0 Å². The molecule has 0 aromatic heterocycles. The minimum Gasteiger partial charge on any atom is -0.313 e. The SMILES string of the molecule is CC1=C(OOO)CC2C(C1)C2(C)C. The Morgan fingerprint density at radius 1 is 1.31 bits per heavy atom. The fourth-order valence-electron chi connectivity index (χ4n) is 2.64. The Morgan fingerprint density at radius 3 is 2.54 bits per heavy atom. The molecule has 0 saturated heterocycles. The van der Waals surface area contributed by atoms with Gasteiger partial charge in [0.25, 0.3) is 0 Å². The maximum Gasteiger partial charge on any atom is 0.145 e. The summed E-state index contributed by atoms with van der Waals surface area (Å²) in [6.45, 7) is 6.62. The van der Waals surface area contributed by atoms with E-state index in [2.05, 4.69) is 18.9 Å². The molecule has 3 nitrogen and oxygen atoms in total. The summed E-state index contributed by atoms with van der Waals surface area (Å²) in [4.78, 5) is 4.72. The van der Waals surface area contributed by atoms with Crippen LogP contribution in [-0.2, 0) is 9.93 Å². The molecule has 0 heterocycles. The number of hydrogen-bond donors (Lipinski definition) is 1. The summed E-state index contributed by atoms with van der Waals surface area (Å²) in [5, 5.41) is 11.9. The summed E-state index contributed by atoms with van der Waals surface area (Å²) in [6, 6.07) is 0. The van der Waals surface area contributed by atoms with Gasteiger partial charge in [-0.2, -0.15) is 0 Å². The first-order chi connectivity index (χ1) is 6.07. The molecule has 2 rings (SSSR count). The van der Waals surface area contributed by atoms with Gasteiger partial charge in [-0.25, -0.2) is 5.26 Å². The number of hydrogen-bond acceptors (Lipinski definition) is 3. The molecule has 2 unspecified atom stereocenters. The average Bonchev–Trinajstić information content (AvgIpc) is 2.56. The highest BCUT2D eigenvalue weighted by molar-refractivity contribution is 5.22. The zero-order valence-electron chi connectivity index (χ0n) is 8.33. The summed E-state index contributed by atoms with van der Waals surface area (Å²) < 4.78 is 0. The van der Waals surface area contributed by atoms with Gasteiger partial charge >= 0.3 is 0 Å². The summed E-state index contributed by atoms with van der Waals surface area (Å²) in [5.74, 6) is 2.33. The third-order valence-electron chi connectivity index (χ3n) is 3.83. The highest BCUT2D eigenvalue weighted by Gasteiger charge is 2.59. The van der Waals surface area contributed by atoms with Gasteiger partial charge in [-0.15, -0.1) is 0 Å². The smallest absolute Gasteiger partial charge is 0.145 e. The zero-order chi connectivity index (χ0) is 9.64. The van der Waals surface area contributed by atoms with E-state index in [0.717, 1.165) is 24.5 Å². The molecule has 0 aromatic rings. The molecule has 2 atom stereocenters. The lowest BCUT2D eigenvalue weighted by Gasteiger charge is -2.13. The van der Waals surface area contributed by atoms with E-state index in [0.29, 0.717) is 11.3 Å². The molecule has 2 aliphatic rings. The minimum atomic E-state index is 0.446. The highest BCUT2D eigenvalue weighted by atomic mass is 17.5. The molecule has 0 spiro atoms. The van der Waals surface area contributed by atoms with Crippen molar-refractivity contribution in [2.45, 2.75) is 33.6 Å². The van der Waals surface area contributed by atoms with Crippen molar-refractivity contribution in [2.75, 3.05) is 0 Å². The molecule has 0 aromatic carbocycles. The molecule has 1 N–H and O–H groups in total. The molecule has 0 amide bonds. The van der Waals surface area contributed by atoms with Crippen LogP contribution in [-0.4, -0.2) is 5.26 Å².